The van der Waals surface area contributed by atoms with Crippen LogP contribution in [0.1, 0.15) is 91.9 Å². The average molecular weight is 473 g/mol. The van der Waals surface area contributed by atoms with E-state index in [2.05, 4.69) is 27.7 Å². The summed E-state index contributed by atoms with van der Waals surface area (Å²) < 4.78 is 23.6. The molecular weight excluding hydrogens is 432 g/mol. The SMILES string of the molecule is C[C@H]1CC[C@H]2CC(=O)O[C@H]2[C@@]23O[C@]2(C)CC[C@@H]13.C[C@H]1CC[C@H]2CC(=O)O[C@H]2[C@@]23O[C@]2(C)CC[C@@H]13. The molecule has 4 heterocycles. The number of carbonyl (C=O) groups excluding carboxylic acids is 2. The molecule has 0 N–H and O–H groups in total. The number of fused-ring (bicyclic) bond motifs is 2. The van der Waals surface area contributed by atoms with Crippen molar-refractivity contribution in [3.63, 3.8) is 0 Å². The maximum atomic E-state index is 11.6. The van der Waals surface area contributed by atoms with Crippen molar-refractivity contribution >= 4 is 11.9 Å². The summed E-state index contributed by atoms with van der Waals surface area (Å²) in [5.41, 5.74) is -0.215. The number of rotatable bonds is 0. The highest BCUT2D eigenvalue weighted by Gasteiger charge is 2.82. The molecule has 0 aromatic heterocycles. The first-order chi connectivity index (χ1) is 16.1. The third kappa shape index (κ3) is 2.60. The topological polar surface area (TPSA) is 77.7 Å². The fourth-order valence-electron chi connectivity index (χ4n) is 9.92. The summed E-state index contributed by atoms with van der Waals surface area (Å²) >= 11 is 0. The Balaban J connectivity index is 0.000000118. The van der Waals surface area contributed by atoms with E-state index in [4.69, 9.17) is 18.9 Å². The van der Waals surface area contributed by atoms with Crippen molar-refractivity contribution in [3.8, 4) is 0 Å². The highest BCUT2D eigenvalue weighted by molar-refractivity contribution is 5.73. The number of hydrogen-bond donors (Lipinski definition) is 0. The van der Waals surface area contributed by atoms with Gasteiger partial charge in [0.15, 0.2) is 0 Å². The van der Waals surface area contributed by atoms with E-state index < -0.39 is 0 Å². The Labute approximate surface area is 202 Å². The Morgan fingerprint density at radius 1 is 0.647 bits per heavy atom. The molecule has 0 aromatic carbocycles. The van der Waals surface area contributed by atoms with Crippen molar-refractivity contribution in [2.24, 2.45) is 35.5 Å². The quantitative estimate of drug-likeness (QED) is 0.380. The van der Waals surface area contributed by atoms with Gasteiger partial charge in [-0.3, -0.25) is 9.59 Å². The van der Waals surface area contributed by atoms with Gasteiger partial charge >= 0.3 is 11.9 Å². The fraction of sp³-hybridized carbons (Fsp3) is 0.929. The van der Waals surface area contributed by atoms with E-state index in [1.165, 1.54) is 25.7 Å². The largest absolute Gasteiger partial charge is 0.459 e. The van der Waals surface area contributed by atoms with Crippen molar-refractivity contribution < 1.29 is 28.5 Å². The van der Waals surface area contributed by atoms with Gasteiger partial charge in [0.25, 0.3) is 0 Å². The minimum atomic E-state index is -0.111. The maximum absolute atomic E-state index is 11.6. The monoisotopic (exact) mass is 472 g/mol. The van der Waals surface area contributed by atoms with Crippen LogP contribution in [-0.2, 0) is 28.5 Å². The standard InChI is InChI=1S/2C14H20O3/c2*1-8-3-4-9-7-11(15)16-12(9)14-10(8)5-6-13(14,2)17-14/h2*8-10,12H,3-7H2,1-2H3/t2*8-,9-,10-,12+,13+,14+/m00/s1. The van der Waals surface area contributed by atoms with E-state index in [0.29, 0.717) is 48.3 Å². The Kier molecular flexibility index (Phi) is 4.41. The predicted molar refractivity (Wildman–Crippen MR) is 123 cm³/mol. The van der Waals surface area contributed by atoms with E-state index in [9.17, 15) is 9.59 Å². The van der Waals surface area contributed by atoms with Gasteiger partial charge in [0, 0.05) is 11.8 Å². The smallest absolute Gasteiger partial charge is 0.306 e. The Morgan fingerprint density at radius 2 is 1.06 bits per heavy atom. The summed E-state index contributed by atoms with van der Waals surface area (Å²) in [6.45, 7) is 9.13. The Bertz CT molecular complexity index is 860. The third-order valence-electron chi connectivity index (χ3n) is 11.8. The van der Waals surface area contributed by atoms with E-state index in [1.54, 1.807) is 0 Å². The number of esters is 2. The summed E-state index contributed by atoms with van der Waals surface area (Å²) in [5.74, 6) is 3.44. The van der Waals surface area contributed by atoms with Crippen LogP contribution in [-0.4, -0.2) is 46.6 Å². The van der Waals surface area contributed by atoms with Crippen LogP contribution < -0.4 is 0 Å². The maximum Gasteiger partial charge on any atom is 0.306 e. The molecule has 8 fully saturated rings. The second-order valence-corrected chi connectivity index (χ2v) is 13.4. The van der Waals surface area contributed by atoms with Crippen molar-refractivity contribution in [1.29, 1.82) is 0 Å². The van der Waals surface area contributed by atoms with Crippen molar-refractivity contribution in [3.05, 3.63) is 0 Å². The van der Waals surface area contributed by atoms with Crippen LogP contribution in [0.3, 0.4) is 0 Å². The van der Waals surface area contributed by atoms with Crippen molar-refractivity contribution in [2.45, 2.75) is 127 Å². The lowest BCUT2D eigenvalue weighted by molar-refractivity contribution is -0.146. The second-order valence-electron chi connectivity index (χ2n) is 13.4. The first kappa shape index (κ1) is 22.1. The van der Waals surface area contributed by atoms with Crippen LogP contribution in [0.2, 0.25) is 0 Å². The first-order valence-electron chi connectivity index (χ1n) is 13.9. The molecule has 0 bridgehead atoms. The van der Waals surface area contributed by atoms with Crippen LogP contribution in [0.4, 0.5) is 0 Å². The first-order valence-corrected chi connectivity index (χ1v) is 13.9. The fourth-order valence-corrected chi connectivity index (χ4v) is 9.92. The zero-order valence-corrected chi connectivity index (χ0v) is 21.1. The van der Waals surface area contributed by atoms with E-state index in [1.807, 2.05) is 0 Å². The molecule has 0 amide bonds. The van der Waals surface area contributed by atoms with E-state index in [-0.39, 0.29) is 46.6 Å². The number of hydrogen-bond acceptors (Lipinski definition) is 6. The highest BCUT2D eigenvalue weighted by Crippen LogP contribution is 2.71. The van der Waals surface area contributed by atoms with Gasteiger partial charge < -0.3 is 18.9 Å². The number of carbonyl (C=O) groups is 2. The lowest BCUT2D eigenvalue weighted by Crippen LogP contribution is -2.42. The molecule has 0 aromatic rings. The number of epoxide rings is 2. The summed E-state index contributed by atoms with van der Waals surface area (Å²) in [5, 5.41) is 0. The Morgan fingerprint density at radius 3 is 1.44 bits per heavy atom. The van der Waals surface area contributed by atoms with Gasteiger partial charge in [-0.2, -0.15) is 0 Å². The molecule has 4 aliphatic heterocycles. The minimum absolute atomic E-state index is 0.00377. The van der Waals surface area contributed by atoms with Gasteiger partial charge in [0.2, 0.25) is 0 Å². The third-order valence-corrected chi connectivity index (χ3v) is 11.8. The van der Waals surface area contributed by atoms with Crippen LogP contribution >= 0.6 is 0 Å². The van der Waals surface area contributed by atoms with Crippen molar-refractivity contribution in [2.75, 3.05) is 0 Å². The molecular formula is C28H40O6. The zero-order chi connectivity index (χ0) is 23.7. The molecule has 0 radical (unpaired) electrons. The summed E-state index contributed by atoms with van der Waals surface area (Å²) in [6, 6.07) is 0. The van der Waals surface area contributed by atoms with Gasteiger partial charge in [-0.1, -0.05) is 13.8 Å². The lowest BCUT2D eigenvalue weighted by atomic mass is 9.78. The van der Waals surface area contributed by atoms with Crippen LogP contribution in [0.25, 0.3) is 0 Å². The summed E-state index contributed by atoms with van der Waals surface area (Å²) in [6.07, 6.45) is 10.8. The van der Waals surface area contributed by atoms with Gasteiger partial charge in [-0.15, -0.1) is 0 Å². The summed E-state index contributed by atoms with van der Waals surface area (Å²) in [4.78, 5) is 23.2. The molecule has 8 rings (SSSR count). The van der Waals surface area contributed by atoms with E-state index >= 15 is 0 Å². The van der Waals surface area contributed by atoms with Crippen LogP contribution in [0.5, 0.6) is 0 Å². The molecule has 12 atom stereocenters. The zero-order valence-electron chi connectivity index (χ0n) is 21.1. The molecule has 4 aliphatic carbocycles. The molecule has 4 saturated carbocycles. The normalized spacial score (nSPS) is 60.0. The molecule has 8 aliphatic rings. The lowest BCUT2D eigenvalue weighted by Gasteiger charge is -2.28. The molecule has 4 saturated heterocycles. The van der Waals surface area contributed by atoms with Gasteiger partial charge in [-0.25, -0.2) is 0 Å². The highest BCUT2D eigenvalue weighted by atomic mass is 16.7. The van der Waals surface area contributed by atoms with Crippen molar-refractivity contribution in [1.82, 2.24) is 0 Å². The molecule has 6 heteroatoms. The minimum Gasteiger partial charge on any atom is -0.459 e. The molecule has 0 unspecified atom stereocenters. The van der Waals surface area contributed by atoms with Gasteiger partial charge in [0.1, 0.15) is 23.4 Å². The van der Waals surface area contributed by atoms with Gasteiger partial charge in [-0.05, 0) is 88.9 Å². The molecule has 6 nitrogen and oxygen atoms in total. The van der Waals surface area contributed by atoms with Gasteiger partial charge in [0.05, 0.1) is 24.0 Å². The van der Waals surface area contributed by atoms with E-state index in [0.717, 1.165) is 25.7 Å². The average Bonchev–Trinajstić information content (AvgIpc) is 3.27. The second kappa shape index (κ2) is 6.79. The molecule has 34 heavy (non-hydrogen) atoms. The van der Waals surface area contributed by atoms with Crippen LogP contribution in [0.15, 0.2) is 0 Å². The Hall–Kier alpha value is -1.14. The summed E-state index contributed by atoms with van der Waals surface area (Å²) in [7, 11) is 0. The van der Waals surface area contributed by atoms with Crippen LogP contribution in [0, 0.1) is 35.5 Å². The predicted octanol–water partition coefficient (Wildman–Crippen LogP) is 4.57. The number of ether oxygens (including phenoxy) is 4. The molecule has 188 valence electrons. The molecule has 2 spiro atoms.